The Balaban J connectivity index is 1.68. The van der Waals surface area contributed by atoms with Gasteiger partial charge in [0, 0.05) is 45.8 Å². The summed E-state index contributed by atoms with van der Waals surface area (Å²) in [5, 5.41) is 12.8. The molecule has 0 spiro atoms. The Morgan fingerprint density at radius 3 is 2.45 bits per heavy atom. The molecule has 8 nitrogen and oxygen atoms in total. The van der Waals surface area contributed by atoms with Crippen molar-refractivity contribution >= 4 is 23.4 Å². The molecule has 2 fully saturated rings. The van der Waals surface area contributed by atoms with Gasteiger partial charge in [0.05, 0.1) is 30.2 Å². The van der Waals surface area contributed by atoms with Gasteiger partial charge in [-0.3, -0.25) is 4.90 Å². The molecule has 1 aromatic rings. The van der Waals surface area contributed by atoms with Gasteiger partial charge < -0.3 is 25.0 Å². The molecule has 2 aliphatic rings. The number of piperazine rings is 1. The molecule has 29 heavy (non-hydrogen) atoms. The summed E-state index contributed by atoms with van der Waals surface area (Å²) in [6, 6.07) is 5.17. The lowest BCUT2D eigenvalue weighted by molar-refractivity contribution is 0.0600. The molecule has 2 saturated heterocycles. The molecule has 160 valence electrons. The summed E-state index contributed by atoms with van der Waals surface area (Å²) in [6.45, 7) is 7.20. The molecule has 0 aromatic heterocycles. The number of esters is 1. The number of methoxy groups -OCH3 is 1. The SMILES string of the molecule is CC[C@H](O)CN1CCN(C(=O)Nc2cc(C(=O)OC)ccc2N2CCCC2)CC1. The van der Waals surface area contributed by atoms with Crippen LogP contribution in [0, 0.1) is 0 Å². The van der Waals surface area contributed by atoms with Gasteiger partial charge in [-0.05, 0) is 37.5 Å². The van der Waals surface area contributed by atoms with Gasteiger partial charge in [0.1, 0.15) is 0 Å². The second-order valence-corrected chi connectivity index (χ2v) is 7.70. The normalized spacial score (nSPS) is 18.6. The molecule has 2 N–H and O–H groups in total. The minimum atomic E-state index is -0.420. The smallest absolute Gasteiger partial charge is 0.337 e. The Morgan fingerprint density at radius 1 is 1.14 bits per heavy atom. The molecule has 0 saturated carbocycles. The second kappa shape index (κ2) is 9.93. The van der Waals surface area contributed by atoms with Crippen LogP contribution in [0.1, 0.15) is 36.5 Å². The van der Waals surface area contributed by atoms with Crippen LogP contribution in [0.25, 0.3) is 0 Å². The van der Waals surface area contributed by atoms with Crippen molar-refractivity contribution < 1.29 is 19.4 Å². The highest BCUT2D eigenvalue weighted by Gasteiger charge is 2.24. The fraction of sp³-hybridized carbons (Fsp3) is 0.619. The zero-order chi connectivity index (χ0) is 20.8. The predicted molar refractivity (Wildman–Crippen MR) is 113 cm³/mol. The highest BCUT2D eigenvalue weighted by atomic mass is 16.5. The van der Waals surface area contributed by atoms with Gasteiger partial charge >= 0.3 is 12.0 Å². The second-order valence-electron chi connectivity index (χ2n) is 7.70. The van der Waals surface area contributed by atoms with Crippen molar-refractivity contribution in [2.24, 2.45) is 0 Å². The van der Waals surface area contributed by atoms with Crippen LogP contribution in [0.5, 0.6) is 0 Å². The monoisotopic (exact) mass is 404 g/mol. The topological polar surface area (TPSA) is 85.3 Å². The Kier molecular flexibility index (Phi) is 7.33. The Hall–Kier alpha value is -2.32. The average molecular weight is 405 g/mol. The number of anilines is 2. The maximum Gasteiger partial charge on any atom is 0.337 e. The number of aliphatic hydroxyl groups is 1. The average Bonchev–Trinajstić information content (AvgIpc) is 3.28. The van der Waals surface area contributed by atoms with Crippen molar-refractivity contribution in [2.45, 2.75) is 32.3 Å². The third-order valence-corrected chi connectivity index (χ3v) is 5.71. The third kappa shape index (κ3) is 5.39. The summed E-state index contributed by atoms with van der Waals surface area (Å²) >= 11 is 0. The maximum atomic E-state index is 12.9. The van der Waals surface area contributed by atoms with Crippen LogP contribution in [-0.4, -0.2) is 85.9 Å². The number of amides is 2. The number of carbonyl (C=O) groups excluding carboxylic acids is 2. The number of urea groups is 1. The molecule has 2 aliphatic heterocycles. The van der Waals surface area contributed by atoms with Gasteiger partial charge in [-0.1, -0.05) is 6.92 Å². The minimum Gasteiger partial charge on any atom is -0.465 e. The summed E-state index contributed by atoms with van der Waals surface area (Å²) in [5.41, 5.74) is 2.00. The van der Waals surface area contributed by atoms with Crippen molar-refractivity contribution in [3.05, 3.63) is 23.8 Å². The van der Waals surface area contributed by atoms with E-state index in [2.05, 4.69) is 15.1 Å². The summed E-state index contributed by atoms with van der Waals surface area (Å²) in [5.74, 6) is -0.420. The summed E-state index contributed by atoms with van der Waals surface area (Å²) < 4.78 is 4.83. The van der Waals surface area contributed by atoms with Gasteiger partial charge in [-0.15, -0.1) is 0 Å². The predicted octanol–water partition coefficient (Wildman–Crippen LogP) is 1.99. The first-order chi connectivity index (χ1) is 14.0. The van der Waals surface area contributed by atoms with Gasteiger partial charge in [0.2, 0.25) is 0 Å². The Labute approximate surface area is 172 Å². The van der Waals surface area contributed by atoms with Gasteiger partial charge in [-0.2, -0.15) is 0 Å². The molecule has 0 aliphatic carbocycles. The van der Waals surface area contributed by atoms with Crippen LogP contribution in [0.3, 0.4) is 0 Å². The first-order valence-corrected chi connectivity index (χ1v) is 10.5. The van der Waals surface area contributed by atoms with E-state index in [4.69, 9.17) is 4.74 Å². The van der Waals surface area contributed by atoms with Crippen LogP contribution < -0.4 is 10.2 Å². The van der Waals surface area contributed by atoms with E-state index in [-0.39, 0.29) is 12.1 Å². The lowest BCUT2D eigenvalue weighted by Crippen LogP contribution is -2.51. The summed E-state index contributed by atoms with van der Waals surface area (Å²) in [7, 11) is 1.35. The van der Waals surface area contributed by atoms with E-state index in [1.807, 2.05) is 13.0 Å². The Morgan fingerprint density at radius 2 is 1.83 bits per heavy atom. The van der Waals surface area contributed by atoms with Crippen LogP contribution in [0.4, 0.5) is 16.2 Å². The largest absolute Gasteiger partial charge is 0.465 e. The van der Waals surface area contributed by atoms with E-state index in [9.17, 15) is 14.7 Å². The number of carbonyl (C=O) groups is 2. The van der Waals surface area contributed by atoms with E-state index < -0.39 is 5.97 Å². The van der Waals surface area contributed by atoms with Crippen molar-refractivity contribution in [3.63, 3.8) is 0 Å². The molecule has 2 amide bonds. The van der Waals surface area contributed by atoms with Crippen LogP contribution in [-0.2, 0) is 4.74 Å². The van der Waals surface area contributed by atoms with E-state index in [1.54, 1.807) is 17.0 Å². The number of hydrogen-bond donors (Lipinski definition) is 2. The number of hydrogen-bond acceptors (Lipinski definition) is 6. The zero-order valence-electron chi connectivity index (χ0n) is 17.4. The highest BCUT2D eigenvalue weighted by Crippen LogP contribution is 2.30. The minimum absolute atomic E-state index is 0.164. The third-order valence-electron chi connectivity index (χ3n) is 5.71. The first kappa shape index (κ1) is 21.4. The fourth-order valence-corrected chi connectivity index (χ4v) is 3.87. The lowest BCUT2D eigenvalue weighted by Gasteiger charge is -2.35. The fourth-order valence-electron chi connectivity index (χ4n) is 3.87. The van der Waals surface area contributed by atoms with Crippen molar-refractivity contribution in [2.75, 3.05) is 63.1 Å². The molecule has 0 radical (unpaired) electrons. The highest BCUT2D eigenvalue weighted by molar-refractivity contribution is 5.97. The number of ether oxygens (including phenoxy) is 1. The molecule has 0 bridgehead atoms. The van der Waals surface area contributed by atoms with E-state index >= 15 is 0 Å². The molecule has 0 unspecified atom stereocenters. The number of β-amino-alcohol motifs (C(OH)–C–C–N with tert-alkyl or cyclic N) is 1. The molecule has 2 heterocycles. The molecule has 1 aromatic carbocycles. The first-order valence-electron chi connectivity index (χ1n) is 10.5. The van der Waals surface area contributed by atoms with Gasteiger partial charge in [-0.25, -0.2) is 9.59 Å². The number of nitrogens with zero attached hydrogens (tertiary/aromatic N) is 3. The number of benzene rings is 1. The standard InChI is InChI=1S/C21H32N4O4/c1-3-17(26)15-23-10-12-25(13-11-23)21(28)22-18-14-16(20(27)29-2)6-7-19(18)24-8-4-5-9-24/h6-7,14,17,26H,3-5,8-13,15H2,1-2H3,(H,22,28)/t17-/m0/s1. The van der Waals surface area contributed by atoms with Crippen molar-refractivity contribution in [3.8, 4) is 0 Å². The summed E-state index contributed by atoms with van der Waals surface area (Å²) in [4.78, 5) is 31.0. The summed E-state index contributed by atoms with van der Waals surface area (Å²) in [6.07, 6.45) is 2.66. The molecule has 8 heteroatoms. The number of aliphatic hydroxyl groups excluding tert-OH is 1. The number of nitrogens with one attached hydrogen (secondary N) is 1. The van der Waals surface area contributed by atoms with Crippen LogP contribution in [0.15, 0.2) is 18.2 Å². The Bertz CT molecular complexity index is 713. The van der Waals surface area contributed by atoms with Crippen molar-refractivity contribution in [1.82, 2.24) is 9.80 Å². The lowest BCUT2D eigenvalue weighted by atomic mass is 10.1. The maximum absolute atomic E-state index is 12.9. The quantitative estimate of drug-likeness (QED) is 0.706. The van der Waals surface area contributed by atoms with Crippen LogP contribution in [0.2, 0.25) is 0 Å². The van der Waals surface area contributed by atoms with Gasteiger partial charge in [0.25, 0.3) is 0 Å². The van der Waals surface area contributed by atoms with E-state index in [1.165, 1.54) is 7.11 Å². The van der Waals surface area contributed by atoms with Gasteiger partial charge in [0.15, 0.2) is 0 Å². The van der Waals surface area contributed by atoms with Crippen molar-refractivity contribution in [1.29, 1.82) is 0 Å². The van der Waals surface area contributed by atoms with Crippen LogP contribution >= 0.6 is 0 Å². The molecule has 1 atom stereocenters. The molecule has 3 rings (SSSR count). The van der Waals surface area contributed by atoms with E-state index in [0.717, 1.165) is 51.1 Å². The van der Waals surface area contributed by atoms with E-state index in [0.29, 0.717) is 30.9 Å². The zero-order valence-corrected chi connectivity index (χ0v) is 17.4. The number of rotatable bonds is 6. The molecular weight excluding hydrogens is 372 g/mol. The molecular formula is C21H32N4O4.